The zero-order valence-electron chi connectivity index (χ0n) is 15.3. The van der Waals surface area contributed by atoms with Gasteiger partial charge in [0.05, 0.1) is 7.05 Å². The fraction of sp³-hybridized carbons (Fsp3) is 0.400. The molecule has 0 aliphatic rings. The summed E-state index contributed by atoms with van der Waals surface area (Å²) in [7, 11) is 2.89. The maximum atomic E-state index is 12.7. The Kier molecular flexibility index (Phi) is 5.68. The van der Waals surface area contributed by atoms with Crippen molar-refractivity contribution < 1.29 is 19.3 Å². The summed E-state index contributed by atoms with van der Waals surface area (Å²) in [5, 5.41) is 20.0. The molecule has 2 heterocycles. The van der Waals surface area contributed by atoms with Gasteiger partial charge in [-0.3, -0.25) is 24.4 Å². The van der Waals surface area contributed by atoms with Crippen molar-refractivity contribution in [1.82, 2.24) is 24.6 Å². The summed E-state index contributed by atoms with van der Waals surface area (Å²) >= 11 is 0. The SMILES string of the molecule is CCC(=O)NC(=O)c1c(-c2ncc([N+](=O)[O-])n2C)nn(C)c1NC(=O)CC. The molecule has 2 aromatic heterocycles. The molecule has 12 nitrogen and oxygen atoms in total. The molecule has 0 spiro atoms. The van der Waals surface area contributed by atoms with Crippen molar-refractivity contribution in [1.29, 1.82) is 0 Å². The van der Waals surface area contributed by atoms with Crippen LogP contribution in [0.15, 0.2) is 6.20 Å². The third kappa shape index (κ3) is 3.83. The second-order valence-electron chi connectivity index (χ2n) is 5.58. The number of aryl methyl sites for hydroxylation is 1. The number of hydrogen-bond acceptors (Lipinski definition) is 7. The fourth-order valence-corrected chi connectivity index (χ4v) is 2.33. The number of amides is 3. The molecule has 0 aliphatic heterocycles. The highest BCUT2D eigenvalue weighted by molar-refractivity contribution is 6.12. The third-order valence-electron chi connectivity index (χ3n) is 3.79. The molecule has 0 aliphatic carbocycles. The summed E-state index contributed by atoms with van der Waals surface area (Å²) in [6.07, 6.45) is 1.27. The molecular formula is C15H19N7O5. The lowest BCUT2D eigenvalue weighted by Gasteiger charge is -2.08. The molecule has 0 saturated heterocycles. The van der Waals surface area contributed by atoms with Gasteiger partial charge >= 0.3 is 5.82 Å². The number of anilines is 1. The molecule has 2 rings (SSSR count). The number of rotatable bonds is 6. The molecule has 0 radical (unpaired) electrons. The van der Waals surface area contributed by atoms with Crippen molar-refractivity contribution in [3.8, 4) is 11.5 Å². The fourth-order valence-electron chi connectivity index (χ4n) is 2.33. The molecule has 0 saturated carbocycles. The van der Waals surface area contributed by atoms with Gasteiger partial charge in [-0.2, -0.15) is 5.10 Å². The molecule has 0 bridgehead atoms. The maximum Gasteiger partial charge on any atom is 0.342 e. The highest BCUT2D eigenvalue weighted by Crippen LogP contribution is 2.29. The molecule has 0 fully saturated rings. The van der Waals surface area contributed by atoms with Crippen LogP contribution < -0.4 is 10.6 Å². The zero-order valence-corrected chi connectivity index (χ0v) is 15.3. The standard InChI is InChI=1S/C15H19N7O5/c1-5-8(23)17-13-11(15(25)18-9(24)6-2)12(19-21(13)4)14-16-7-10(20(14)3)22(26)27/h7H,5-6H2,1-4H3,(H,17,23)(H,18,24,25). The van der Waals surface area contributed by atoms with E-state index < -0.39 is 16.7 Å². The van der Waals surface area contributed by atoms with E-state index >= 15 is 0 Å². The van der Waals surface area contributed by atoms with Crippen LogP contribution in [-0.2, 0) is 23.7 Å². The van der Waals surface area contributed by atoms with Crippen LogP contribution in [0.25, 0.3) is 11.5 Å². The minimum Gasteiger partial charge on any atom is -0.358 e. The number of hydrogen-bond donors (Lipinski definition) is 2. The summed E-state index contributed by atoms with van der Waals surface area (Å²) < 4.78 is 2.40. The van der Waals surface area contributed by atoms with E-state index in [1.54, 1.807) is 13.8 Å². The number of nitro groups is 1. The highest BCUT2D eigenvalue weighted by atomic mass is 16.6. The zero-order chi connectivity index (χ0) is 20.3. The van der Waals surface area contributed by atoms with Crippen LogP contribution in [0.1, 0.15) is 37.0 Å². The lowest BCUT2D eigenvalue weighted by Crippen LogP contribution is -2.31. The Balaban J connectivity index is 2.65. The van der Waals surface area contributed by atoms with Crippen LogP contribution in [0.5, 0.6) is 0 Å². The number of imide groups is 1. The molecule has 2 aromatic rings. The molecule has 12 heteroatoms. The van der Waals surface area contributed by atoms with Crippen LogP contribution in [0.4, 0.5) is 11.6 Å². The first-order chi connectivity index (χ1) is 12.7. The van der Waals surface area contributed by atoms with Crippen molar-refractivity contribution in [2.24, 2.45) is 14.1 Å². The second kappa shape index (κ2) is 7.76. The van der Waals surface area contributed by atoms with Crippen molar-refractivity contribution in [3.05, 3.63) is 21.9 Å². The molecule has 0 atom stereocenters. The molecule has 0 unspecified atom stereocenters. The van der Waals surface area contributed by atoms with Gasteiger partial charge in [0.2, 0.25) is 17.6 Å². The van der Waals surface area contributed by atoms with Gasteiger partial charge in [-0.15, -0.1) is 0 Å². The van der Waals surface area contributed by atoms with E-state index in [-0.39, 0.29) is 47.5 Å². The smallest absolute Gasteiger partial charge is 0.342 e. The van der Waals surface area contributed by atoms with Crippen molar-refractivity contribution in [3.63, 3.8) is 0 Å². The predicted octanol–water partition coefficient (Wildman–Crippen LogP) is 0.744. The van der Waals surface area contributed by atoms with Gasteiger partial charge in [0.1, 0.15) is 17.6 Å². The molecule has 0 aromatic carbocycles. The van der Waals surface area contributed by atoms with Gasteiger partial charge in [0, 0.05) is 19.9 Å². The molecule has 2 N–H and O–H groups in total. The maximum absolute atomic E-state index is 12.7. The normalized spacial score (nSPS) is 10.5. The number of carbonyl (C=O) groups excluding carboxylic acids is 3. The van der Waals surface area contributed by atoms with E-state index in [4.69, 9.17) is 0 Å². The molecule has 144 valence electrons. The van der Waals surface area contributed by atoms with Gasteiger partial charge in [-0.05, 0) is 4.92 Å². The summed E-state index contributed by atoms with van der Waals surface area (Å²) in [6, 6.07) is 0. The average Bonchev–Trinajstić information content (AvgIpc) is 3.14. The Morgan fingerprint density at radius 1 is 1.19 bits per heavy atom. The largest absolute Gasteiger partial charge is 0.358 e. The third-order valence-corrected chi connectivity index (χ3v) is 3.79. The van der Waals surface area contributed by atoms with Crippen molar-refractivity contribution in [2.45, 2.75) is 26.7 Å². The number of nitrogens with one attached hydrogen (secondary N) is 2. The van der Waals surface area contributed by atoms with Gasteiger partial charge in [-0.1, -0.05) is 13.8 Å². The summed E-state index contributed by atoms with van der Waals surface area (Å²) in [5.74, 6) is -1.88. The first-order valence-electron chi connectivity index (χ1n) is 8.08. The quantitative estimate of drug-likeness (QED) is 0.556. The summed E-state index contributed by atoms with van der Waals surface area (Å²) in [5.41, 5.74) is -0.106. The van der Waals surface area contributed by atoms with Crippen molar-refractivity contribution >= 4 is 29.4 Å². The van der Waals surface area contributed by atoms with E-state index in [9.17, 15) is 24.5 Å². The van der Waals surface area contributed by atoms with Gasteiger partial charge < -0.3 is 15.4 Å². The molecule has 3 amide bonds. The van der Waals surface area contributed by atoms with E-state index in [2.05, 4.69) is 20.7 Å². The molecular weight excluding hydrogens is 358 g/mol. The van der Waals surface area contributed by atoms with Crippen LogP contribution in [-0.4, -0.2) is 42.0 Å². The minimum absolute atomic E-state index is 0.000839. The Morgan fingerprint density at radius 3 is 2.33 bits per heavy atom. The van der Waals surface area contributed by atoms with E-state index in [0.717, 1.165) is 10.8 Å². The van der Waals surface area contributed by atoms with E-state index in [0.29, 0.717) is 0 Å². The Hall–Kier alpha value is -3.57. The van der Waals surface area contributed by atoms with Crippen LogP contribution >= 0.6 is 0 Å². The van der Waals surface area contributed by atoms with Crippen LogP contribution in [0, 0.1) is 10.1 Å². The van der Waals surface area contributed by atoms with Crippen LogP contribution in [0.3, 0.4) is 0 Å². The lowest BCUT2D eigenvalue weighted by atomic mass is 10.2. The van der Waals surface area contributed by atoms with E-state index in [1.165, 1.54) is 18.8 Å². The number of aromatic nitrogens is 4. The Bertz CT molecular complexity index is 927. The van der Waals surface area contributed by atoms with Crippen molar-refractivity contribution in [2.75, 3.05) is 5.32 Å². The van der Waals surface area contributed by atoms with E-state index in [1.807, 2.05) is 0 Å². The van der Waals surface area contributed by atoms with Gasteiger partial charge in [0.25, 0.3) is 5.91 Å². The number of imidazole rings is 1. The monoisotopic (exact) mass is 377 g/mol. The lowest BCUT2D eigenvalue weighted by molar-refractivity contribution is -0.391. The number of nitrogens with zero attached hydrogens (tertiary/aromatic N) is 5. The predicted molar refractivity (Wildman–Crippen MR) is 93.7 cm³/mol. The minimum atomic E-state index is -0.790. The topological polar surface area (TPSA) is 154 Å². The number of carbonyl (C=O) groups is 3. The molecule has 27 heavy (non-hydrogen) atoms. The summed E-state index contributed by atoms with van der Waals surface area (Å²) in [4.78, 5) is 50.5. The van der Waals surface area contributed by atoms with Gasteiger partial charge in [-0.25, -0.2) is 9.55 Å². The van der Waals surface area contributed by atoms with Crippen LogP contribution in [0.2, 0.25) is 0 Å². The first-order valence-corrected chi connectivity index (χ1v) is 8.08. The second-order valence-corrected chi connectivity index (χ2v) is 5.58. The highest BCUT2D eigenvalue weighted by Gasteiger charge is 2.31. The Labute approximate surface area is 153 Å². The van der Waals surface area contributed by atoms with Gasteiger partial charge in [0.15, 0.2) is 5.69 Å². The average molecular weight is 377 g/mol. The Morgan fingerprint density at radius 2 is 1.81 bits per heavy atom. The summed E-state index contributed by atoms with van der Waals surface area (Å²) in [6.45, 7) is 3.21. The first kappa shape index (κ1) is 19.8.